The summed E-state index contributed by atoms with van der Waals surface area (Å²) in [5.74, 6) is -2.24. The summed E-state index contributed by atoms with van der Waals surface area (Å²) in [4.78, 5) is 56.4. The third-order valence-electron chi connectivity index (χ3n) is 9.05. The lowest BCUT2D eigenvalue weighted by atomic mass is 10.0. The Morgan fingerprint density at radius 2 is 1.90 bits per heavy atom. The lowest BCUT2D eigenvalue weighted by Crippen LogP contribution is -2.55. The minimum absolute atomic E-state index is 0.0883. The lowest BCUT2D eigenvalue weighted by Gasteiger charge is -2.40. The number of esters is 1. The summed E-state index contributed by atoms with van der Waals surface area (Å²) in [5, 5.41) is 0.235. The third kappa shape index (κ3) is 5.33. The van der Waals surface area contributed by atoms with Crippen LogP contribution in [0.4, 0.5) is 14.6 Å². The molecule has 1 aromatic carbocycles. The predicted octanol–water partition coefficient (Wildman–Crippen LogP) is 3.55. The van der Waals surface area contributed by atoms with Crippen molar-refractivity contribution in [3.05, 3.63) is 69.9 Å². The summed E-state index contributed by atoms with van der Waals surface area (Å²) in [6, 6.07) is 6.96. The molecule has 1 amide bonds. The number of ether oxygens (including phenoxy) is 3. The van der Waals surface area contributed by atoms with Crippen molar-refractivity contribution in [2.24, 2.45) is 0 Å². The number of fused-ring (bicyclic) bond motifs is 5. The van der Waals surface area contributed by atoms with E-state index in [9.17, 15) is 14.4 Å². The van der Waals surface area contributed by atoms with Gasteiger partial charge in [-0.15, -0.1) is 0 Å². The van der Waals surface area contributed by atoms with Gasteiger partial charge in [-0.25, -0.2) is 27.9 Å². The van der Waals surface area contributed by atoms with Crippen LogP contribution in [0.25, 0.3) is 28.0 Å². The van der Waals surface area contributed by atoms with Gasteiger partial charge < -0.3 is 24.0 Å². The van der Waals surface area contributed by atoms with Gasteiger partial charge in [0, 0.05) is 31.9 Å². The van der Waals surface area contributed by atoms with Gasteiger partial charge in [-0.2, -0.15) is 4.98 Å². The highest BCUT2D eigenvalue weighted by Gasteiger charge is 2.53. The number of epoxide rings is 1. The molecule has 3 aliphatic heterocycles. The van der Waals surface area contributed by atoms with E-state index >= 15 is 8.78 Å². The lowest BCUT2D eigenvalue weighted by molar-refractivity contribution is -0.142. The van der Waals surface area contributed by atoms with Gasteiger partial charge in [-0.05, 0) is 55.5 Å². The minimum atomic E-state index is -0.925. The monoisotopic (exact) mass is 660 g/mol. The topological polar surface area (TPSA) is 132 Å². The van der Waals surface area contributed by atoms with Crippen molar-refractivity contribution >= 4 is 28.7 Å². The van der Waals surface area contributed by atoms with Crippen LogP contribution in [0.15, 0.2) is 41.3 Å². The first-order chi connectivity index (χ1) is 23.1. The van der Waals surface area contributed by atoms with E-state index in [-0.39, 0.29) is 78.0 Å². The highest BCUT2D eigenvalue weighted by Crippen LogP contribution is 2.38. The molecule has 2 fully saturated rings. The van der Waals surface area contributed by atoms with Crippen LogP contribution in [0.3, 0.4) is 0 Å². The molecule has 2 saturated heterocycles. The molecule has 3 aliphatic rings. The zero-order chi connectivity index (χ0) is 33.9. The molecule has 0 N–H and O–H groups in total. The molecule has 14 heteroatoms. The molecule has 0 aliphatic carbocycles. The van der Waals surface area contributed by atoms with Gasteiger partial charge in [-0.3, -0.25) is 9.78 Å². The highest BCUT2D eigenvalue weighted by molar-refractivity contribution is 5.94. The van der Waals surface area contributed by atoms with Crippen LogP contribution < -0.4 is 15.3 Å². The molecule has 0 saturated carbocycles. The number of aromatic nitrogens is 4. The summed E-state index contributed by atoms with van der Waals surface area (Å²) in [6.45, 7) is 6.71. The van der Waals surface area contributed by atoms with E-state index in [1.54, 1.807) is 17.2 Å². The highest BCUT2D eigenvalue weighted by atomic mass is 19.1. The Morgan fingerprint density at radius 1 is 1.08 bits per heavy atom. The van der Waals surface area contributed by atoms with Crippen molar-refractivity contribution in [1.82, 2.24) is 24.4 Å². The second-order valence-corrected chi connectivity index (χ2v) is 12.5. The molecule has 12 nitrogen and oxygen atoms in total. The summed E-state index contributed by atoms with van der Waals surface area (Å²) in [6.07, 6.45) is 0.914. The summed E-state index contributed by atoms with van der Waals surface area (Å²) >= 11 is 0. The Bertz CT molecular complexity index is 2020. The number of hydrogen-bond donors (Lipinski definition) is 0. The van der Waals surface area contributed by atoms with Gasteiger partial charge in [0.2, 0.25) is 0 Å². The van der Waals surface area contributed by atoms with Gasteiger partial charge in [0.25, 0.3) is 5.91 Å². The third-order valence-corrected chi connectivity index (χ3v) is 9.05. The van der Waals surface area contributed by atoms with Crippen LogP contribution in [0.1, 0.15) is 44.4 Å². The number of anilines is 1. The molecule has 250 valence electrons. The summed E-state index contributed by atoms with van der Waals surface area (Å²) in [7, 11) is 1.23. The van der Waals surface area contributed by atoms with Crippen LogP contribution in [0.5, 0.6) is 5.75 Å². The number of piperazine rings is 1. The van der Waals surface area contributed by atoms with Gasteiger partial charge in [0.1, 0.15) is 23.1 Å². The molecule has 0 spiro atoms. The van der Waals surface area contributed by atoms with E-state index in [4.69, 9.17) is 9.47 Å². The van der Waals surface area contributed by atoms with Crippen molar-refractivity contribution < 1.29 is 32.6 Å². The van der Waals surface area contributed by atoms with E-state index in [1.165, 1.54) is 29.9 Å². The van der Waals surface area contributed by atoms with Gasteiger partial charge >= 0.3 is 11.7 Å². The fraction of sp³-hybridized carbons (Fsp3) is 0.412. The number of rotatable bonds is 4. The van der Waals surface area contributed by atoms with Gasteiger partial charge in [0.15, 0.2) is 23.7 Å². The Balaban J connectivity index is 1.40. The molecular formula is C34H34F2N6O6. The van der Waals surface area contributed by atoms with E-state index in [0.29, 0.717) is 24.2 Å². The summed E-state index contributed by atoms with van der Waals surface area (Å²) in [5.41, 5.74) is 0.953. The standard InChI is InChI=1S/C34H34F2N6O6/c1-17(2)25-27-19(10-11-37-25)7-6-14-47-23-9-5-8-21(35)24(23)26-22(36)15-20-30(39-34(45)42(27)31(20)38-26)41-13-12-40(16-18(41)3)32(43)28-29(48-28)33(44)46-4/h5,8-11,15,17-18,28-29H,6-7,12-14,16H2,1-4H3. The molecule has 4 aromatic rings. The number of carbonyl (C=O) groups is 2. The van der Waals surface area contributed by atoms with Crippen molar-refractivity contribution in [1.29, 1.82) is 0 Å². The second kappa shape index (κ2) is 12.2. The number of halogens is 2. The predicted molar refractivity (Wildman–Crippen MR) is 170 cm³/mol. The molecule has 3 unspecified atom stereocenters. The Kier molecular flexibility index (Phi) is 8.06. The van der Waals surface area contributed by atoms with Crippen LogP contribution in [-0.4, -0.2) is 87.9 Å². The van der Waals surface area contributed by atoms with E-state index in [0.717, 1.165) is 5.56 Å². The normalized spacial score (nSPS) is 20.4. The fourth-order valence-electron chi connectivity index (χ4n) is 6.64. The zero-order valence-electron chi connectivity index (χ0n) is 26.9. The Hall–Kier alpha value is -4.98. The van der Waals surface area contributed by atoms with Gasteiger partial charge in [0.05, 0.1) is 36.0 Å². The minimum Gasteiger partial charge on any atom is -0.493 e. The average Bonchev–Trinajstić information content (AvgIpc) is 3.87. The number of carbonyl (C=O) groups excluding carboxylic acids is 2. The number of hydrogen-bond acceptors (Lipinski definition) is 10. The van der Waals surface area contributed by atoms with Crippen LogP contribution in [-0.2, 0) is 25.5 Å². The first kappa shape index (κ1) is 31.6. The average molecular weight is 661 g/mol. The maximum Gasteiger partial charge on any atom is 0.355 e. The van der Waals surface area contributed by atoms with Crippen molar-refractivity contribution in [3.8, 4) is 22.7 Å². The summed E-state index contributed by atoms with van der Waals surface area (Å²) < 4.78 is 49.0. The molecule has 48 heavy (non-hydrogen) atoms. The molecule has 7 rings (SSSR count). The molecule has 6 heterocycles. The Morgan fingerprint density at radius 3 is 2.65 bits per heavy atom. The number of benzene rings is 1. The Labute approximate surface area is 274 Å². The van der Waals surface area contributed by atoms with Crippen LogP contribution in [0, 0.1) is 11.6 Å². The molecular weight excluding hydrogens is 626 g/mol. The van der Waals surface area contributed by atoms with Crippen LogP contribution >= 0.6 is 0 Å². The van der Waals surface area contributed by atoms with Gasteiger partial charge in [-0.1, -0.05) is 19.9 Å². The maximum atomic E-state index is 16.2. The van der Waals surface area contributed by atoms with Crippen LogP contribution in [0.2, 0.25) is 0 Å². The molecule has 2 bridgehead atoms. The fourth-order valence-corrected chi connectivity index (χ4v) is 6.64. The number of amides is 1. The van der Waals surface area contributed by atoms with E-state index < -0.39 is 35.5 Å². The largest absolute Gasteiger partial charge is 0.493 e. The molecule has 3 atom stereocenters. The molecule has 0 radical (unpaired) electrons. The zero-order valence-corrected chi connectivity index (χ0v) is 26.9. The van der Waals surface area contributed by atoms with E-state index in [2.05, 4.69) is 19.7 Å². The number of pyridine rings is 2. The first-order valence-corrected chi connectivity index (χ1v) is 15.9. The molecule has 3 aromatic heterocycles. The maximum absolute atomic E-state index is 16.2. The smallest absolute Gasteiger partial charge is 0.355 e. The van der Waals surface area contributed by atoms with Crippen molar-refractivity contribution in [2.75, 3.05) is 38.3 Å². The number of nitrogens with zero attached hydrogens (tertiary/aromatic N) is 6. The first-order valence-electron chi connectivity index (χ1n) is 15.9. The second-order valence-electron chi connectivity index (χ2n) is 12.5. The number of aryl methyl sites for hydroxylation is 1. The number of methoxy groups -OCH3 is 1. The van der Waals surface area contributed by atoms with Crippen molar-refractivity contribution in [3.63, 3.8) is 0 Å². The van der Waals surface area contributed by atoms with Crippen molar-refractivity contribution in [2.45, 2.75) is 57.8 Å². The van der Waals surface area contributed by atoms with E-state index in [1.807, 2.05) is 31.7 Å². The quantitative estimate of drug-likeness (QED) is 0.237. The SMILES string of the molecule is COC(=O)C1OC1C(=O)N1CCN(c2nc(=O)n3c4nc(c(F)cc24)-c2c(F)cccc2OCCCc2ccnc(C(C)C)c2-3)C(C)C1.